The van der Waals surface area contributed by atoms with E-state index in [1.54, 1.807) is 6.07 Å². The molecule has 0 radical (unpaired) electrons. The normalized spacial score (nSPS) is 14.8. The quantitative estimate of drug-likeness (QED) is 0.306. The van der Waals surface area contributed by atoms with Gasteiger partial charge in [0.2, 0.25) is 0 Å². The van der Waals surface area contributed by atoms with Crippen LogP contribution in [0, 0.1) is 11.7 Å². The van der Waals surface area contributed by atoms with Crippen LogP contribution in [0.3, 0.4) is 0 Å². The van der Waals surface area contributed by atoms with Gasteiger partial charge in [-0.05, 0) is 42.0 Å². The molecule has 1 aromatic heterocycles. The molecule has 1 aliphatic heterocycles. The lowest BCUT2D eigenvalue weighted by Gasteiger charge is -2.36. The zero-order valence-electron chi connectivity index (χ0n) is 18.6. The van der Waals surface area contributed by atoms with Crippen LogP contribution < -0.4 is 0 Å². The number of nitrogens with zero attached hydrogens (tertiary/aromatic N) is 2. The molecule has 1 aliphatic rings. The SMILES string of the molecule is CO/N=C(/c1ccccc1)c1ccc2oc(-c3ccc(CN4CC(C(=O)O)C4)cc3F)cc2c1. The number of fused-ring (bicyclic) bond motifs is 1. The maximum Gasteiger partial charge on any atom is 0.309 e. The minimum absolute atomic E-state index is 0.332. The van der Waals surface area contributed by atoms with Gasteiger partial charge in [-0.15, -0.1) is 0 Å². The molecular weight excluding hydrogens is 435 g/mol. The van der Waals surface area contributed by atoms with Crippen LogP contribution in [0.5, 0.6) is 0 Å². The number of hydrogen-bond acceptors (Lipinski definition) is 5. The van der Waals surface area contributed by atoms with E-state index in [9.17, 15) is 9.18 Å². The van der Waals surface area contributed by atoms with E-state index in [4.69, 9.17) is 14.4 Å². The van der Waals surface area contributed by atoms with E-state index < -0.39 is 5.97 Å². The van der Waals surface area contributed by atoms with Gasteiger partial charge in [-0.1, -0.05) is 41.6 Å². The third-order valence-corrected chi connectivity index (χ3v) is 6.03. The van der Waals surface area contributed by atoms with Gasteiger partial charge in [-0.2, -0.15) is 0 Å². The highest BCUT2D eigenvalue weighted by Gasteiger charge is 2.32. The number of halogens is 1. The monoisotopic (exact) mass is 458 g/mol. The van der Waals surface area contributed by atoms with E-state index in [1.165, 1.54) is 13.2 Å². The Bertz CT molecular complexity index is 1370. The highest BCUT2D eigenvalue weighted by Crippen LogP contribution is 2.31. The number of carboxylic acid groups (broad SMARTS) is 1. The Balaban J connectivity index is 1.39. The fourth-order valence-electron chi connectivity index (χ4n) is 4.25. The number of carbonyl (C=O) groups is 1. The summed E-state index contributed by atoms with van der Waals surface area (Å²) in [5, 5.41) is 14.0. The maximum absolute atomic E-state index is 15.0. The van der Waals surface area contributed by atoms with E-state index in [0.29, 0.717) is 42.3 Å². The minimum atomic E-state index is -0.782. The van der Waals surface area contributed by atoms with Gasteiger partial charge in [0.25, 0.3) is 0 Å². The van der Waals surface area contributed by atoms with Crippen molar-refractivity contribution in [3.8, 4) is 11.3 Å². The largest absolute Gasteiger partial charge is 0.481 e. The topological polar surface area (TPSA) is 75.3 Å². The van der Waals surface area contributed by atoms with Crippen LogP contribution in [-0.2, 0) is 16.2 Å². The van der Waals surface area contributed by atoms with Gasteiger partial charge >= 0.3 is 5.97 Å². The molecule has 34 heavy (non-hydrogen) atoms. The highest BCUT2D eigenvalue weighted by molar-refractivity contribution is 6.13. The summed E-state index contributed by atoms with van der Waals surface area (Å²) in [5.74, 6) is -1.05. The fourth-order valence-corrected chi connectivity index (χ4v) is 4.25. The van der Waals surface area contributed by atoms with Crippen LogP contribution >= 0.6 is 0 Å². The lowest BCUT2D eigenvalue weighted by atomic mass is 9.99. The molecule has 0 amide bonds. The Kier molecular flexibility index (Phi) is 5.86. The Morgan fingerprint density at radius 1 is 1.09 bits per heavy atom. The van der Waals surface area contributed by atoms with Crippen molar-refractivity contribution in [2.24, 2.45) is 11.1 Å². The molecule has 2 heterocycles. The van der Waals surface area contributed by atoms with Gasteiger partial charge in [-0.3, -0.25) is 9.69 Å². The molecule has 0 spiro atoms. The van der Waals surface area contributed by atoms with Crippen LogP contribution in [-0.4, -0.2) is 41.9 Å². The molecule has 1 saturated heterocycles. The third-order valence-electron chi connectivity index (χ3n) is 6.03. The van der Waals surface area contributed by atoms with Crippen LogP contribution in [0.15, 0.2) is 82.4 Å². The van der Waals surface area contributed by atoms with Crippen molar-refractivity contribution in [2.75, 3.05) is 20.2 Å². The van der Waals surface area contributed by atoms with Crippen molar-refractivity contribution in [3.63, 3.8) is 0 Å². The first-order valence-electron chi connectivity index (χ1n) is 11.0. The zero-order valence-corrected chi connectivity index (χ0v) is 18.6. The first-order chi connectivity index (χ1) is 16.5. The highest BCUT2D eigenvalue weighted by atomic mass is 19.1. The summed E-state index contributed by atoms with van der Waals surface area (Å²) in [4.78, 5) is 18.0. The molecule has 172 valence electrons. The number of benzene rings is 3. The van der Waals surface area contributed by atoms with Crippen LogP contribution in [0.2, 0.25) is 0 Å². The second-order valence-electron chi connectivity index (χ2n) is 8.40. The lowest BCUT2D eigenvalue weighted by Crippen LogP contribution is -2.49. The molecular formula is C27H23FN2O4. The van der Waals surface area contributed by atoms with Crippen molar-refractivity contribution in [1.82, 2.24) is 4.90 Å². The number of hydrogen-bond donors (Lipinski definition) is 1. The molecule has 0 unspecified atom stereocenters. The van der Waals surface area contributed by atoms with E-state index in [-0.39, 0.29) is 11.7 Å². The summed E-state index contributed by atoms with van der Waals surface area (Å²) in [6.45, 7) is 1.50. The maximum atomic E-state index is 15.0. The molecule has 0 aliphatic carbocycles. The van der Waals surface area contributed by atoms with Gasteiger partial charge in [0.15, 0.2) is 0 Å². The predicted molar refractivity (Wildman–Crippen MR) is 127 cm³/mol. The summed E-state index contributed by atoms with van der Waals surface area (Å²) < 4.78 is 20.9. The molecule has 7 heteroatoms. The molecule has 0 atom stereocenters. The predicted octanol–water partition coefficient (Wildman–Crippen LogP) is 5.15. The van der Waals surface area contributed by atoms with Crippen molar-refractivity contribution in [2.45, 2.75) is 6.54 Å². The van der Waals surface area contributed by atoms with Crippen molar-refractivity contribution >= 4 is 22.7 Å². The van der Waals surface area contributed by atoms with Gasteiger partial charge in [0, 0.05) is 36.1 Å². The molecule has 4 aromatic rings. The minimum Gasteiger partial charge on any atom is -0.481 e. The van der Waals surface area contributed by atoms with Crippen molar-refractivity contribution in [1.29, 1.82) is 0 Å². The first-order valence-corrected chi connectivity index (χ1v) is 11.0. The number of oxime groups is 1. The van der Waals surface area contributed by atoms with E-state index in [1.807, 2.05) is 65.6 Å². The fraction of sp³-hybridized carbons (Fsp3) is 0.185. The molecule has 6 nitrogen and oxygen atoms in total. The third kappa shape index (κ3) is 4.30. The summed E-state index contributed by atoms with van der Waals surface area (Å²) in [5.41, 5.74) is 4.30. The number of furan rings is 1. The Morgan fingerprint density at radius 3 is 2.59 bits per heavy atom. The first kappa shape index (κ1) is 21.9. The molecule has 0 saturated carbocycles. The molecule has 1 N–H and O–H groups in total. The average molecular weight is 458 g/mol. The van der Waals surface area contributed by atoms with Gasteiger partial charge < -0.3 is 14.4 Å². The van der Waals surface area contributed by atoms with E-state index >= 15 is 0 Å². The zero-order chi connectivity index (χ0) is 23.7. The Labute approximate surface area is 195 Å². The second kappa shape index (κ2) is 9.11. The van der Waals surface area contributed by atoms with Gasteiger partial charge in [0.05, 0.1) is 11.5 Å². The van der Waals surface area contributed by atoms with Crippen LogP contribution in [0.25, 0.3) is 22.3 Å². The van der Waals surface area contributed by atoms with Crippen LogP contribution in [0.1, 0.15) is 16.7 Å². The second-order valence-corrected chi connectivity index (χ2v) is 8.40. The number of likely N-dealkylation sites (tertiary alicyclic amines) is 1. The molecule has 3 aromatic carbocycles. The van der Waals surface area contributed by atoms with E-state index in [2.05, 4.69) is 5.16 Å². The number of rotatable bonds is 7. The van der Waals surface area contributed by atoms with Crippen molar-refractivity contribution in [3.05, 3.63) is 95.3 Å². The molecule has 1 fully saturated rings. The lowest BCUT2D eigenvalue weighted by molar-refractivity contribution is -0.147. The number of aliphatic carboxylic acids is 1. The van der Waals surface area contributed by atoms with Crippen LogP contribution in [0.4, 0.5) is 4.39 Å². The van der Waals surface area contributed by atoms with Gasteiger partial charge in [0.1, 0.15) is 30.0 Å². The summed E-state index contributed by atoms with van der Waals surface area (Å²) in [6, 6.07) is 22.3. The smallest absolute Gasteiger partial charge is 0.309 e. The Morgan fingerprint density at radius 2 is 1.88 bits per heavy atom. The standard InChI is InChI=1S/C27H23FN2O4/c1-33-29-26(18-5-3-2-4-6-18)19-8-10-24-20(12-19)13-25(34-24)22-9-7-17(11-23(22)28)14-30-15-21(16-30)27(31)32/h2-13,21H,14-16H2,1H3,(H,31,32)/b29-26-. The molecule has 0 bridgehead atoms. The van der Waals surface area contributed by atoms with Crippen molar-refractivity contribution < 1.29 is 23.5 Å². The van der Waals surface area contributed by atoms with Gasteiger partial charge in [-0.25, -0.2) is 4.39 Å². The Hall–Kier alpha value is -3.97. The molecule has 5 rings (SSSR count). The average Bonchev–Trinajstić information content (AvgIpc) is 3.23. The summed E-state index contributed by atoms with van der Waals surface area (Å²) in [7, 11) is 1.51. The number of carboxylic acids is 1. The van der Waals surface area contributed by atoms with E-state index in [0.717, 1.165) is 22.1 Å². The summed E-state index contributed by atoms with van der Waals surface area (Å²) >= 11 is 0. The summed E-state index contributed by atoms with van der Waals surface area (Å²) in [6.07, 6.45) is 0.